The van der Waals surface area contributed by atoms with Crippen LogP contribution in [0.3, 0.4) is 0 Å². The van der Waals surface area contributed by atoms with E-state index in [2.05, 4.69) is 29.8 Å². The SMILES string of the molecule is CC[C@@H]1C[C@H](c2nc3cc(C)ccc3o2)CCN1c1nc(=O)n(C)c2cc(OC3CCOC3)c(Cl)cc12. The van der Waals surface area contributed by atoms with E-state index in [1.807, 2.05) is 24.3 Å². The molecule has 2 aliphatic heterocycles. The summed E-state index contributed by atoms with van der Waals surface area (Å²) in [6.45, 7) is 6.19. The third-order valence-electron chi connectivity index (χ3n) is 7.69. The van der Waals surface area contributed by atoms with Gasteiger partial charge in [-0.15, -0.1) is 0 Å². The van der Waals surface area contributed by atoms with E-state index in [0.717, 1.165) is 60.1 Å². The van der Waals surface area contributed by atoms with Crippen molar-refractivity contribution in [2.75, 3.05) is 24.7 Å². The number of oxazole rings is 1. The molecule has 9 heteroatoms. The fraction of sp³-hybridized carbons (Fsp3) is 0.464. The molecule has 0 N–H and O–H groups in total. The average Bonchev–Trinajstić information content (AvgIpc) is 3.56. The predicted molar refractivity (Wildman–Crippen MR) is 144 cm³/mol. The molecule has 1 unspecified atom stereocenters. The summed E-state index contributed by atoms with van der Waals surface area (Å²) in [5.74, 6) is 2.24. The van der Waals surface area contributed by atoms with E-state index in [9.17, 15) is 4.79 Å². The van der Waals surface area contributed by atoms with Crippen molar-refractivity contribution in [2.45, 2.75) is 57.6 Å². The molecule has 37 heavy (non-hydrogen) atoms. The van der Waals surface area contributed by atoms with E-state index in [4.69, 9.17) is 30.5 Å². The zero-order chi connectivity index (χ0) is 25.7. The van der Waals surface area contributed by atoms with E-state index in [-0.39, 0.29) is 23.8 Å². The lowest BCUT2D eigenvalue weighted by Crippen LogP contribution is -2.43. The molecule has 2 saturated heterocycles. The molecule has 2 aliphatic rings. The maximum absolute atomic E-state index is 13.0. The molecule has 2 aromatic carbocycles. The molecular weight excluding hydrogens is 492 g/mol. The minimum absolute atomic E-state index is 0.0347. The molecule has 0 saturated carbocycles. The van der Waals surface area contributed by atoms with E-state index in [0.29, 0.717) is 29.8 Å². The second kappa shape index (κ2) is 9.65. The lowest BCUT2D eigenvalue weighted by Gasteiger charge is -2.39. The monoisotopic (exact) mass is 522 g/mol. The van der Waals surface area contributed by atoms with Crippen molar-refractivity contribution in [1.82, 2.24) is 14.5 Å². The zero-order valence-electron chi connectivity index (χ0n) is 21.4. The number of anilines is 1. The van der Waals surface area contributed by atoms with Gasteiger partial charge in [-0.05, 0) is 49.9 Å². The molecule has 194 valence electrons. The molecule has 8 nitrogen and oxygen atoms in total. The van der Waals surface area contributed by atoms with Crippen molar-refractivity contribution in [3.8, 4) is 5.75 Å². The largest absolute Gasteiger partial charge is 0.486 e. The van der Waals surface area contributed by atoms with Gasteiger partial charge in [0.15, 0.2) is 11.5 Å². The van der Waals surface area contributed by atoms with Gasteiger partial charge in [-0.2, -0.15) is 4.98 Å². The standard InChI is InChI=1S/C28H31ClN4O4/c1-4-18-12-17(27-30-22-11-16(2)5-6-24(22)37-27)7-9-33(18)26-20-13-21(29)25(36-19-8-10-35-15-19)14-23(20)32(3)28(34)31-26/h5-6,11,13-14,17-19H,4,7-10,12,15H2,1-3H3/t17-,18-,19?/m1/s1. The molecule has 3 atom stereocenters. The second-order valence-corrected chi connectivity index (χ2v) is 10.6. The molecule has 6 rings (SSSR count). The fourth-order valence-electron chi connectivity index (χ4n) is 5.59. The number of nitrogens with zero attached hydrogens (tertiary/aromatic N) is 4. The topological polar surface area (TPSA) is 82.6 Å². The van der Waals surface area contributed by atoms with Crippen molar-refractivity contribution in [2.24, 2.45) is 7.05 Å². The molecule has 0 bridgehead atoms. The summed E-state index contributed by atoms with van der Waals surface area (Å²) in [4.78, 5) is 24.5. The van der Waals surface area contributed by atoms with Gasteiger partial charge < -0.3 is 18.8 Å². The van der Waals surface area contributed by atoms with Crippen molar-refractivity contribution >= 4 is 39.4 Å². The second-order valence-electron chi connectivity index (χ2n) is 10.2. The van der Waals surface area contributed by atoms with Crippen LogP contribution in [0.25, 0.3) is 22.0 Å². The van der Waals surface area contributed by atoms with Gasteiger partial charge in [0, 0.05) is 43.4 Å². The molecular formula is C28H31ClN4O4. The van der Waals surface area contributed by atoms with Crippen LogP contribution in [0.15, 0.2) is 39.5 Å². The Labute approximate surface area is 220 Å². The number of fused-ring (bicyclic) bond motifs is 2. The van der Waals surface area contributed by atoms with Gasteiger partial charge in [-0.25, -0.2) is 9.78 Å². The lowest BCUT2D eigenvalue weighted by atomic mass is 9.89. The van der Waals surface area contributed by atoms with E-state index >= 15 is 0 Å². The number of ether oxygens (including phenoxy) is 2. The predicted octanol–water partition coefficient (Wildman–Crippen LogP) is 5.37. The molecule has 2 aromatic heterocycles. The minimum atomic E-state index is -0.300. The Morgan fingerprint density at radius 1 is 1.19 bits per heavy atom. The zero-order valence-corrected chi connectivity index (χ0v) is 22.1. The van der Waals surface area contributed by atoms with Gasteiger partial charge in [-0.3, -0.25) is 4.57 Å². The first-order valence-corrected chi connectivity index (χ1v) is 13.4. The van der Waals surface area contributed by atoms with Crippen molar-refractivity contribution in [3.05, 3.63) is 57.3 Å². The smallest absolute Gasteiger partial charge is 0.349 e. The summed E-state index contributed by atoms with van der Waals surface area (Å²) < 4.78 is 19.2. The Bertz CT molecular complexity index is 1520. The fourth-order valence-corrected chi connectivity index (χ4v) is 5.80. The first-order valence-electron chi connectivity index (χ1n) is 13.0. The van der Waals surface area contributed by atoms with Gasteiger partial charge >= 0.3 is 5.69 Å². The Morgan fingerprint density at radius 3 is 2.84 bits per heavy atom. The molecule has 2 fully saturated rings. The third kappa shape index (κ3) is 4.46. The average molecular weight is 523 g/mol. The number of aryl methyl sites for hydroxylation is 2. The van der Waals surface area contributed by atoms with Gasteiger partial charge in [0.25, 0.3) is 0 Å². The van der Waals surface area contributed by atoms with Crippen LogP contribution in [-0.2, 0) is 11.8 Å². The molecule has 0 aliphatic carbocycles. The number of piperidine rings is 1. The molecule has 0 amide bonds. The third-order valence-corrected chi connectivity index (χ3v) is 7.99. The van der Waals surface area contributed by atoms with Crippen LogP contribution in [0.2, 0.25) is 5.02 Å². The number of hydrogen-bond donors (Lipinski definition) is 0. The summed E-state index contributed by atoms with van der Waals surface area (Å²) in [5.41, 5.74) is 3.35. The van der Waals surface area contributed by atoms with Crippen LogP contribution < -0.4 is 15.3 Å². The quantitative estimate of drug-likeness (QED) is 0.348. The highest BCUT2D eigenvalue weighted by molar-refractivity contribution is 6.33. The van der Waals surface area contributed by atoms with Crippen LogP contribution in [-0.4, -0.2) is 46.4 Å². The number of rotatable bonds is 5. The van der Waals surface area contributed by atoms with E-state index in [1.165, 1.54) is 5.56 Å². The van der Waals surface area contributed by atoms with Crippen LogP contribution in [0.4, 0.5) is 5.82 Å². The van der Waals surface area contributed by atoms with Gasteiger partial charge in [-0.1, -0.05) is 24.6 Å². The van der Waals surface area contributed by atoms with E-state index in [1.54, 1.807) is 11.6 Å². The molecule has 4 heterocycles. The number of benzene rings is 2. The minimum Gasteiger partial charge on any atom is -0.486 e. The Kier molecular flexibility index (Phi) is 6.32. The maximum Gasteiger partial charge on any atom is 0.349 e. The van der Waals surface area contributed by atoms with Crippen LogP contribution in [0.5, 0.6) is 5.75 Å². The molecule has 0 radical (unpaired) electrons. The number of aromatic nitrogens is 3. The molecule has 4 aromatic rings. The van der Waals surface area contributed by atoms with Crippen LogP contribution in [0, 0.1) is 6.92 Å². The van der Waals surface area contributed by atoms with Crippen LogP contribution in [0.1, 0.15) is 50.0 Å². The summed E-state index contributed by atoms with van der Waals surface area (Å²) in [6, 6.07) is 10.0. The Morgan fingerprint density at radius 2 is 2.05 bits per heavy atom. The normalized spacial score (nSPS) is 22.3. The van der Waals surface area contributed by atoms with Gasteiger partial charge in [0.1, 0.15) is 23.2 Å². The van der Waals surface area contributed by atoms with Gasteiger partial charge in [0.2, 0.25) is 0 Å². The summed E-state index contributed by atoms with van der Waals surface area (Å²) in [7, 11) is 1.73. The van der Waals surface area contributed by atoms with Crippen molar-refractivity contribution in [1.29, 1.82) is 0 Å². The number of hydrogen-bond acceptors (Lipinski definition) is 7. The first kappa shape index (κ1) is 24.2. The molecule has 0 spiro atoms. The van der Waals surface area contributed by atoms with Crippen molar-refractivity contribution < 1.29 is 13.9 Å². The Hall–Kier alpha value is -3.10. The highest BCUT2D eigenvalue weighted by Crippen LogP contribution is 2.39. The summed E-state index contributed by atoms with van der Waals surface area (Å²) in [6.07, 6.45) is 3.42. The van der Waals surface area contributed by atoms with Gasteiger partial charge in [0.05, 0.1) is 23.8 Å². The summed E-state index contributed by atoms with van der Waals surface area (Å²) >= 11 is 6.69. The summed E-state index contributed by atoms with van der Waals surface area (Å²) in [5, 5.41) is 1.35. The van der Waals surface area contributed by atoms with E-state index < -0.39 is 0 Å². The first-order chi connectivity index (χ1) is 17.9. The maximum atomic E-state index is 13.0. The van der Waals surface area contributed by atoms with Crippen LogP contribution >= 0.6 is 11.6 Å². The lowest BCUT2D eigenvalue weighted by molar-refractivity contribution is 0.141. The highest BCUT2D eigenvalue weighted by Gasteiger charge is 2.33. The van der Waals surface area contributed by atoms with Crippen molar-refractivity contribution in [3.63, 3.8) is 0 Å². The number of halogens is 1. The highest BCUT2D eigenvalue weighted by atomic mass is 35.5. The Balaban J connectivity index is 1.33.